The lowest BCUT2D eigenvalue weighted by molar-refractivity contribution is -0.118. The van der Waals surface area contributed by atoms with Crippen LogP contribution in [0.15, 0.2) is 16.3 Å². The van der Waals surface area contributed by atoms with Crippen molar-refractivity contribution in [2.24, 2.45) is 10.9 Å². The van der Waals surface area contributed by atoms with Gasteiger partial charge >= 0.3 is 0 Å². The number of nitrogens with one attached hydrogen (secondary N) is 1. The number of carbonyl (C=O) groups excluding carboxylic acids is 2. The van der Waals surface area contributed by atoms with Gasteiger partial charge in [-0.2, -0.15) is 0 Å². The van der Waals surface area contributed by atoms with E-state index in [1.807, 2.05) is 0 Å². The third kappa shape index (κ3) is 1.36. The van der Waals surface area contributed by atoms with Crippen molar-refractivity contribution in [1.29, 1.82) is 0 Å². The van der Waals surface area contributed by atoms with Crippen LogP contribution in [0.3, 0.4) is 0 Å². The van der Waals surface area contributed by atoms with Gasteiger partial charge in [0.2, 0.25) is 0 Å². The largest absolute Gasteiger partial charge is 0.390 e. The van der Waals surface area contributed by atoms with Gasteiger partial charge in [0.15, 0.2) is 5.78 Å². The van der Waals surface area contributed by atoms with Crippen LogP contribution in [-0.4, -0.2) is 31.4 Å². The Labute approximate surface area is 83.1 Å². The Morgan fingerprint density at radius 3 is 2.21 bits per heavy atom. The third-order valence-electron chi connectivity index (χ3n) is 2.36. The highest BCUT2D eigenvalue weighted by molar-refractivity contribution is 6.34. The summed E-state index contributed by atoms with van der Waals surface area (Å²) in [4.78, 5) is 26.5. The van der Waals surface area contributed by atoms with Gasteiger partial charge in [-0.05, 0) is 13.8 Å². The Hall–Kier alpha value is -1.45. The molecule has 0 aromatic heterocycles. The molecule has 0 radical (unpaired) electrons. The van der Waals surface area contributed by atoms with E-state index in [0.717, 1.165) is 0 Å². The van der Waals surface area contributed by atoms with Crippen molar-refractivity contribution in [2.75, 3.05) is 14.1 Å². The molecule has 1 aliphatic rings. The second-order valence-electron chi connectivity index (χ2n) is 3.25. The molecule has 0 aromatic carbocycles. The number of ketones is 2. The van der Waals surface area contributed by atoms with Crippen molar-refractivity contribution in [3.63, 3.8) is 0 Å². The van der Waals surface area contributed by atoms with Gasteiger partial charge in [-0.1, -0.05) is 0 Å². The molecule has 0 aliphatic heterocycles. The second-order valence-corrected chi connectivity index (χ2v) is 3.25. The molecule has 0 aromatic rings. The lowest BCUT2D eigenvalue weighted by atomic mass is 9.76. The minimum atomic E-state index is -0.330. The van der Waals surface area contributed by atoms with Gasteiger partial charge < -0.3 is 5.32 Å². The molecule has 1 atom stereocenters. The van der Waals surface area contributed by atoms with E-state index >= 15 is 0 Å². The highest BCUT2D eigenvalue weighted by atomic mass is 16.1. The van der Waals surface area contributed by atoms with E-state index in [1.165, 1.54) is 13.8 Å². The molecule has 1 unspecified atom stereocenters. The first kappa shape index (κ1) is 10.6. The highest BCUT2D eigenvalue weighted by Gasteiger charge is 2.40. The summed E-state index contributed by atoms with van der Waals surface area (Å²) in [5.41, 5.74) is 1.87. The number of allylic oxidation sites excluding steroid dienone is 2. The zero-order chi connectivity index (χ0) is 10.9. The number of Topliss-reactive ketones (excluding diaryl/α,β-unsaturated/α-hetero) is 2. The van der Waals surface area contributed by atoms with Crippen LogP contribution in [0.1, 0.15) is 13.8 Å². The Kier molecular flexibility index (Phi) is 2.84. The molecule has 0 amide bonds. The highest BCUT2D eigenvalue weighted by Crippen LogP contribution is 2.31. The van der Waals surface area contributed by atoms with Crippen LogP contribution < -0.4 is 5.32 Å². The first-order valence-electron chi connectivity index (χ1n) is 4.45. The second kappa shape index (κ2) is 3.74. The summed E-state index contributed by atoms with van der Waals surface area (Å²) in [6.45, 7) is 2.98. The van der Waals surface area contributed by atoms with Gasteiger partial charge in [0.25, 0.3) is 0 Å². The quantitative estimate of drug-likeness (QED) is 0.704. The normalized spacial score (nSPS) is 23.4. The van der Waals surface area contributed by atoms with Gasteiger partial charge in [-0.25, -0.2) is 0 Å². The summed E-state index contributed by atoms with van der Waals surface area (Å²) in [6.07, 6.45) is 0. The zero-order valence-corrected chi connectivity index (χ0v) is 8.84. The Bertz CT molecular complexity index is 353. The van der Waals surface area contributed by atoms with Crippen LogP contribution >= 0.6 is 0 Å². The molecule has 0 heterocycles. The molecule has 0 saturated carbocycles. The monoisotopic (exact) mass is 194 g/mol. The van der Waals surface area contributed by atoms with Crippen LogP contribution in [0.4, 0.5) is 0 Å². The minimum Gasteiger partial charge on any atom is -0.390 e. The summed E-state index contributed by atoms with van der Waals surface area (Å²) in [7, 11) is 3.31. The molecule has 0 fully saturated rings. The predicted octanol–water partition coefficient (Wildman–Crippen LogP) is 0.339. The molecule has 0 saturated heterocycles. The van der Waals surface area contributed by atoms with Gasteiger partial charge in [-0.3, -0.25) is 14.6 Å². The van der Waals surface area contributed by atoms with E-state index < -0.39 is 0 Å². The van der Waals surface area contributed by atoms with Crippen LogP contribution in [-0.2, 0) is 9.59 Å². The number of carbonyl (C=O) groups is 2. The van der Waals surface area contributed by atoms with E-state index in [2.05, 4.69) is 10.3 Å². The molecule has 0 spiro atoms. The van der Waals surface area contributed by atoms with Crippen LogP contribution in [0.2, 0.25) is 0 Å². The SMILES string of the molecule is CN=C1C(C(C)=O)=C(NC)C1C(C)=O. The molecule has 1 N–H and O–H groups in total. The molecule has 4 nitrogen and oxygen atoms in total. The van der Waals surface area contributed by atoms with Crippen molar-refractivity contribution < 1.29 is 9.59 Å². The van der Waals surface area contributed by atoms with E-state index in [4.69, 9.17) is 0 Å². The van der Waals surface area contributed by atoms with Crippen molar-refractivity contribution in [3.05, 3.63) is 11.3 Å². The zero-order valence-electron chi connectivity index (χ0n) is 8.84. The fourth-order valence-electron chi connectivity index (χ4n) is 1.76. The molecule has 0 bridgehead atoms. The van der Waals surface area contributed by atoms with Crippen molar-refractivity contribution in [3.8, 4) is 0 Å². The van der Waals surface area contributed by atoms with Gasteiger partial charge in [0.05, 0.1) is 11.3 Å². The smallest absolute Gasteiger partial charge is 0.163 e. The maximum absolute atomic E-state index is 11.3. The van der Waals surface area contributed by atoms with Crippen molar-refractivity contribution >= 4 is 17.3 Å². The maximum Gasteiger partial charge on any atom is 0.163 e. The first-order chi connectivity index (χ1) is 6.54. The summed E-state index contributed by atoms with van der Waals surface area (Å²) >= 11 is 0. The summed E-state index contributed by atoms with van der Waals surface area (Å²) in [5.74, 6) is -0.365. The summed E-state index contributed by atoms with van der Waals surface area (Å²) < 4.78 is 0. The van der Waals surface area contributed by atoms with Crippen molar-refractivity contribution in [1.82, 2.24) is 5.32 Å². The fraction of sp³-hybridized carbons (Fsp3) is 0.500. The van der Waals surface area contributed by atoms with Crippen molar-refractivity contribution in [2.45, 2.75) is 13.8 Å². The van der Waals surface area contributed by atoms with Crippen LogP contribution in [0, 0.1) is 5.92 Å². The van der Waals surface area contributed by atoms with Crippen LogP contribution in [0.25, 0.3) is 0 Å². The molecular formula is C10H14N2O2. The van der Waals surface area contributed by atoms with E-state index in [0.29, 0.717) is 17.0 Å². The lowest BCUT2D eigenvalue weighted by Crippen LogP contribution is -2.43. The topological polar surface area (TPSA) is 58.5 Å². The molecular weight excluding hydrogens is 180 g/mol. The van der Waals surface area contributed by atoms with Gasteiger partial charge in [0.1, 0.15) is 11.7 Å². The third-order valence-corrected chi connectivity index (χ3v) is 2.36. The average molecular weight is 194 g/mol. The number of rotatable bonds is 3. The first-order valence-corrected chi connectivity index (χ1v) is 4.45. The molecule has 14 heavy (non-hydrogen) atoms. The number of hydrogen-bond acceptors (Lipinski definition) is 4. The molecule has 76 valence electrons. The molecule has 1 aliphatic carbocycles. The number of aliphatic imine (C=N–C) groups is 1. The average Bonchev–Trinajstić information content (AvgIpc) is 2.02. The minimum absolute atomic E-state index is 0.0138. The summed E-state index contributed by atoms with van der Waals surface area (Å²) in [6, 6.07) is 0. The molecule has 4 heteroatoms. The Morgan fingerprint density at radius 1 is 1.36 bits per heavy atom. The van der Waals surface area contributed by atoms with E-state index in [-0.39, 0.29) is 17.5 Å². The van der Waals surface area contributed by atoms with Gasteiger partial charge in [0, 0.05) is 19.8 Å². The fourth-order valence-corrected chi connectivity index (χ4v) is 1.76. The number of nitrogens with zero attached hydrogens (tertiary/aromatic N) is 1. The Morgan fingerprint density at radius 2 is 1.93 bits per heavy atom. The predicted molar refractivity (Wildman–Crippen MR) is 54.3 cm³/mol. The van der Waals surface area contributed by atoms with E-state index in [1.54, 1.807) is 14.1 Å². The van der Waals surface area contributed by atoms with Gasteiger partial charge in [-0.15, -0.1) is 0 Å². The maximum atomic E-state index is 11.3. The molecule has 1 rings (SSSR count). The lowest BCUT2D eigenvalue weighted by Gasteiger charge is -2.32. The standard InChI is InChI=1S/C10H14N2O2/c1-5(13)7-9(11-3)8(6(2)14)10(7)12-4/h7,11H,1-4H3. The Balaban J connectivity index is 3.18. The number of hydrogen-bond donors (Lipinski definition) is 1. The van der Waals surface area contributed by atoms with E-state index in [9.17, 15) is 9.59 Å². The summed E-state index contributed by atoms with van der Waals surface area (Å²) in [5, 5.41) is 2.89. The van der Waals surface area contributed by atoms with Crippen LogP contribution in [0.5, 0.6) is 0 Å².